The lowest BCUT2D eigenvalue weighted by Crippen LogP contribution is -2.54. The van der Waals surface area contributed by atoms with Crippen LogP contribution in [0.4, 0.5) is 13.6 Å². The molecule has 0 bridgehead atoms. The van der Waals surface area contributed by atoms with Crippen molar-refractivity contribution in [3.63, 3.8) is 0 Å². The van der Waals surface area contributed by atoms with Crippen molar-refractivity contribution in [1.82, 2.24) is 5.32 Å². The van der Waals surface area contributed by atoms with E-state index in [-0.39, 0.29) is 23.4 Å². The summed E-state index contributed by atoms with van der Waals surface area (Å²) in [6, 6.07) is 12.0. The Morgan fingerprint density at radius 2 is 1.59 bits per heavy atom. The molecule has 2 rings (SSSR count). The molecule has 216 valence electrons. The number of nitrogens with one attached hydrogen (secondary N) is 1. The zero-order valence-electron chi connectivity index (χ0n) is 24.3. The maximum absolute atomic E-state index is 14.5. The lowest BCUT2D eigenvalue weighted by atomic mass is 9.89. The van der Waals surface area contributed by atoms with Crippen molar-refractivity contribution in [3.05, 3.63) is 71.3 Å². The molecule has 0 saturated carbocycles. The highest BCUT2D eigenvalue weighted by Crippen LogP contribution is 2.39. The number of hydrogen-bond acceptors (Lipinski definition) is 4. The fourth-order valence-corrected chi connectivity index (χ4v) is 5.33. The number of carboxylic acids is 1. The van der Waals surface area contributed by atoms with Gasteiger partial charge >= 0.3 is 12.1 Å². The number of ether oxygens (including phenoxy) is 1. The van der Waals surface area contributed by atoms with E-state index < -0.39 is 55.7 Å². The van der Waals surface area contributed by atoms with Crippen LogP contribution in [0.3, 0.4) is 0 Å². The predicted octanol–water partition coefficient (Wildman–Crippen LogP) is 7.12. The monoisotopic (exact) mass is 563 g/mol. The third kappa shape index (κ3) is 10.4. The van der Waals surface area contributed by atoms with Crippen molar-refractivity contribution >= 4 is 20.4 Å². The average molecular weight is 564 g/mol. The summed E-state index contributed by atoms with van der Waals surface area (Å²) in [6.07, 6.45) is -1.13. The molecule has 0 saturated heterocycles. The first-order chi connectivity index (χ1) is 17.9. The summed E-state index contributed by atoms with van der Waals surface area (Å²) >= 11 is 0. The molecule has 0 radical (unpaired) electrons. The molecule has 2 aromatic rings. The summed E-state index contributed by atoms with van der Waals surface area (Å²) < 4.78 is 40.3. The normalized spacial score (nSPS) is 14.8. The quantitative estimate of drug-likeness (QED) is 0.284. The van der Waals surface area contributed by atoms with Gasteiger partial charge in [-0.1, -0.05) is 57.2 Å². The molecule has 0 aliphatic heterocycles. The summed E-state index contributed by atoms with van der Waals surface area (Å²) in [5.74, 6) is -3.70. The molecular weight excluding hydrogens is 520 g/mol. The zero-order chi connectivity index (χ0) is 29.6. The van der Waals surface area contributed by atoms with Gasteiger partial charge in [-0.3, -0.25) is 4.79 Å². The van der Waals surface area contributed by atoms with Crippen LogP contribution < -0.4 is 5.32 Å². The zero-order valence-corrected chi connectivity index (χ0v) is 25.3. The van der Waals surface area contributed by atoms with Gasteiger partial charge in [0.2, 0.25) is 0 Å². The second kappa shape index (κ2) is 13.0. The molecule has 3 atom stereocenters. The number of rotatable bonds is 11. The van der Waals surface area contributed by atoms with Crippen LogP contribution in [0.15, 0.2) is 48.5 Å². The molecule has 0 fully saturated rings. The van der Waals surface area contributed by atoms with E-state index in [2.05, 4.69) is 39.2 Å². The first-order valence-electron chi connectivity index (χ1n) is 13.3. The summed E-state index contributed by atoms with van der Waals surface area (Å²) in [6.45, 7) is 15.6. The van der Waals surface area contributed by atoms with E-state index in [4.69, 9.17) is 9.16 Å². The molecule has 0 aliphatic carbocycles. The van der Waals surface area contributed by atoms with Crippen molar-refractivity contribution in [2.75, 3.05) is 0 Å². The van der Waals surface area contributed by atoms with Gasteiger partial charge in [0.15, 0.2) is 8.32 Å². The van der Waals surface area contributed by atoms with Gasteiger partial charge in [0.1, 0.15) is 17.2 Å². The standard InChI is InChI=1S/C30H43F2NO5Si/c1-29(2,3)37-28(36)33-25(16-20-12-10-9-11-13-20)26(38-39(7,8)30(4,5)6)18-22(27(34)35)17-21-14-15-23(31)19-24(21)32/h9-15,19,22,25-26H,16-18H2,1-8H3,(H,33,36)(H,34,35). The van der Waals surface area contributed by atoms with E-state index in [0.717, 1.165) is 17.7 Å². The molecule has 0 aromatic heterocycles. The van der Waals surface area contributed by atoms with Gasteiger partial charge in [0.05, 0.1) is 18.1 Å². The van der Waals surface area contributed by atoms with Crippen LogP contribution in [-0.4, -0.2) is 43.2 Å². The van der Waals surface area contributed by atoms with E-state index in [1.165, 1.54) is 6.07 Å². The Balaban J connectivity index is 2.50. The topological polar surface area (TPSA) is 84.9 Å². The number of carbonyl (C=O) groups is 2. The van der Waals surface area contributed by atoms with Crippen LogP contribution in [0, 0.1) is 17.6 Å². The van der Waals surface area contributed by atoms with Crippen LogP contribution >= 0.6 is 0 Å². The number of halogens is 2. The Morgan fingerprint density at radius 1 is 0.974 bits per heavy atom. The predicted molar refractivity (Wildman–Crippen MR) is 151 cm³/mol. The number of carbonyl (C=O) groups excluding carboxylic acids is 1. The van der Waals surface area contributed by atoms with Crippen molar-refractivity contribution in [2.45, 2.75) is 96.7 Å². The number of alkyl carbamates (subject to hydrolysis) is 1. The third-order valence-electron chi connectivity index (χ3n) is 7.05. The van der Waals surface area contributed by atoms with E-state index in [1.807, 2.05) is 30.3 Å². The second-order valence-electron chi connectivity index (χ2n) is 12.6. The van der Waals surface area contributed by atoms with Gasteiger partial charge in [-0.15, -0.1) is 0 Å². The van der Waals surface area contributed by atoms with E-state index in [9.17, 15) is 23.5 Å². The van der Waals surface area contributed by atoms with Crippen molar-refractivity contribution in [1.29, 1.82) is 0 Å². The molecule has 6 nitrogen and oxygen atoms in total. The summed E-state index contributed by atoms with van der Waals surface area (Å²) in [7, 11) is -2.47. The molecule has 2 N–H and O–H groups in total. The largest absolute Gasteiger partial charge is 0.481 e. The van der Waals surface area contributed by atoms with Gasteiger partial charge < -0.3 is 19.6 Å². The highest BCUT2D eigenvalue weighted by atomic mass is 28.4. The summed E-state index contributed by atoms with van der Waals surface area (Å²) in [5, 5.41) is 12.9. The number of hydrogen-bond donors (Lipinski definition) is 2. The van der Waals surface area contributed by atoms with Gasteiger partial charge in [-0.2, -0.15) is 0 Å². The highest BCUT2D eigenvalue weighted by molar-refractivity contribution is 6.74. The van der Waals surface area contributed by atoms with Crippen molar-refractivity contribution in [2.24, 2.45) is 5.92 Å². The van der Waals surface area contributed by atoms with Crippen LogP contribution in [-0.2, 0) is 26.8 Å². The van der Waals surface area contributed by atoms with Crippen LogP contribution in [0.5, 0.6) is 0 Å². The van der Waals surface area contributed by atoms with Gasteiger partial charge in [0, 0.05) is 6.07 Å². The van der Waals surface area contributed by atoms with Crippen LogP contribution in [0.1, 0.15) is 59.1 Å². The van der Waals surface area contributed by atoms with Crippen molar-refractivity contribution in [3.8, 4) is 0 Å². The minimum atomic E-state index is -2.47. The molecule has 0 spiro atoms. The molecule has 39 heavy (non-hydrogen) atoms. The Labute approximate surface area is 232 Å². The number of benzene rings is 2. The molecule has 2 aromatic carbocycles. The first kappa shape index (κ1) is 32.4. The fourth-order valence-electron chi connectivity index (χ4n) is 3.96. The maximum atomic E-state index is 14.5. The summed E-state index contributed by atoms with van der Waals surface area (Å²) in [5.41, 5.74) is 0.300. The van der Waals surface area contributed by atoms with E-state index in [0.29, 0.717) is 6.42 Å². The molecule has 3 unspecified atom stereocenters. The van der Waals surface area contributed by atoms with E-state index in [1.54, 1.807) is 20.8 Å². The number of carboxylic acid groups (broad SMARTS) is 1. The van der Waals surface area contributed by atoms with E-state index >= 15 is 0 Å². The van der Waals surface area contributed by atoms with Crippen LogP contribution in [0.2, 0.25) is 18.1 Å². The van der Waals surface area contributed by atoms with Crippen molar-refractivity contribution < 1.29 is 32.6 Å². The molecule has 0 aliphatic rings. The first-order valence-corrected chi connectivity index (χ1v) is 16.2. The Kier molecular flexibility index (Phi) is 10.8. The number of amides is 1. The Bertz CT molecular complexity index is 1110. The van der Waals surface area contributed by atoms with Gasteiger partial charge in [0.25, 0.3) is 0 Å². The Morgan fingerprint density at radius 3 is 2.10 bits per heavy atom. The third-order valence-corrected chi connectivity index (χ3v) is 11.6. The lowest BCUT2D eigenvalue weighted by molar-refractivity contribution is -0.142. The highest BCUT2D eigenvalue weighted by Gasteiger charge is 2.42. The maximum Gasteiger partial charge on any atom is 0.407 e. The molecule has 0 heterocycles. The molecule has 9 heteroatoms. The Hall–Kier alpha value is -2.78. The minimum Gasteiger partial charge on any atom is -0.481 e. The minimum absolute atomic E-state index is 0.00591. The second-order valence-corrected chi connectivity index (χ2v) is 17.3. The number of aliphatic carboxylic acids is 1. The summed E-state index contributed by atoms with van der Waals surface area (Å²) in [4.78, 5) is 25.4. The lowest BCUT2D eigenvalue weighted by Gasteiger charge is -2.42. The average Bonchev–Trinajstić information content (AvgIpc) is 2.77. The smallest absolute Gasteiger partial charge is 0.407 e. The van der Waals surface area contributed by atoms with Gasteiger partial charge in [-0.05, 0) is 75.4 Å². The SMILES string of the molecule is CC(C)(C)OC(=O)NC(Cc1ccccc1)C(CC(Cc1ccc(F)cc1F)C(=O)O)O[Si](C)(C)C(C)(C)C. The fraction of sp³-hybridized carbons (Fsp3) is 0.533. The van der Waals surface area contributed by atoms with Gasteiger partial charge in [-0.25, -0.2) is 13.6 Å². The molecule has 1 amide bonds. The molecular formula is C30H43F2NO5Si. The van der Waals surface area contributed by atoms with Crippen LogP contribution in [0.25, 0.3) is 0 Å².